The van der Waals surface area contributed by atoms with Gasteiger partial charge in [-0.3, -0.25) is 0 Å². The molecule has 31 heavy (non-hydrogen) atoms. The molecule has 162 valence electrons. The maximum Gasteiger partial charge on any atom is 0.169 e. The van der Waals surface area contributed by atoms with Gasteiger partial charge in [0.25, 0.3) is 0 Å². The van der Waals surface area contributed by atoms with Gasteiger partial charge >= 0.3 is 0 Å². The molecule has 3 aromatic carbocycles. The van der Waals surface area contributed by atoms with Gasteiger partial charge in [0.05, 0.1) is 14.2 Å². The number of anilines is 1. The molecule has 1 aliphatic heterocycles. The highest BCUT2D eigenvalue weighted by molar-refractivity contribution is 7.56. The summed E-state index contributed by atoms with van der Waals surface area (Å²) in [7, 11) is 3.81. The third kappa shape index (κ3) is 5.32. The van der Waals surface area contributed by atoms with E-state index in [0.717, 1.165) is 35.5 Å². The van der Waals surface area contributed by atoms with E-state index in [2.05, 4.69) is 47.4 Å². The van der Waals surface area contributed by atoms with Crippen LogP contribution in [0.1, 0.15) is 24.8 Å². The maximum atomic E-state index is 6.32. The summed E-state index contributed by atoms with van der Waals surface area (Å²) in [6.07, 6.45) is 3.84. The molecule has 4 nitrogen and oxygen atoms in total. The van der Waals surface area contributed by atoms with Crippen molar-refractivity contribution in [3.63, 3.8) is 0 Å². The SMILES string of the molecule is COc1cc(OC)c(OCc2ccccc2)c(Pc2ccccc2N2CCCCC2)c1. The van der Waals surface area contributed by atoms with Gasteiger partial charge in [-0.05, 0) is 37.0 Å². The summed E-state index contributed by atoms with van der Waals surface area (Å²) in [6.45, 7) is 2.75. The Balaban J connectivity index is 1.67. The second-order valence-electron chi connectivity index (χ2n) is 7.67. The van der Waals surface area contributed by atoms with Gasteiger partial charge in [-0.25, -0.2) is 0 Å². The Morgan fingerprint density at radius 3 is 2.29 bits per heavy atom. The van der Waals surface area contributed by atoms with Gasteiger partial charge in [-0.15, -0.1) is 0 Å². The van der Waals surface area contributed by atoms with Crippen LogP contribution in [-0.2, 0) is 6.61 Å². The molecular formula is C26H30NO3P. The van der Waals surface area contributed by atoms with Gasteiger partial charge in [0, 0.05) is 35.5 Å². The number of hydrogen-bond acceptors (Lipinski definition) is 4. The lowest BCUT2D eigenvalue weighted by molar-refractivity contribution is 0.286. The van der Waals surface area contributed by atoms with E-state index in [1.165, 1.54) is 30.3 Å². The van der Waals surface area contributed by atoms with Crippen molar-refractivity contribution in [1.29, 1.82) is 0 Å². The van der Waals surface area contributed by atoms with Crippen LogP contribution in [0.4, 0.5) is 5.69 Å². The van der Waals surface area contributed by atoms with E-state index in [1.54, 1.807) is 14.2 Å². The minimum absolute atomic E-state index is 0.438. The molecule has 0 saturated carbocycles. The number of ether oxygens (including phenoxy) is 3. The zero-order chi connectivity index (χ0) is 21.5. The Bertz CT molecular complexity index is 987. The molecule has 1 heterocycles. The van der Waals surface area contributed by atoms with Crippen molar-refractivity contribution in [2.24, 2.45) is 0 Å². The minimum atomic E-state index is 0.438. The molecule has 1 fully saturated rings. The molecule has 0 amide bonds. The van der Waals surface area contributed by atoms with Crippen LogP contribution in [0.5, 0.6) is 17.2 Å². The number of hydrogen-bond donors (Lipinski definition) is 0. The summed E-state index contributed by atoms with van der Waals surface area (Å²) in [5, 5.41) is 2.42. The van der Waals surface area contributed by atoms with Crippen molar-refractivity contribution < 1.29 is 14.2 Å². The molecule has 0 aliphatic carbocycles. The average molecular weight is 436 g/mol. The van der Waals surface area contributed by atoms with Crippen molar-refractivity contribution in [2.75, 3.05) is 32.2 Å². The zero-order valence-electron chi connectivity index (χ0n) is 18.3. The minimum Gasteiger partial charge on any atom is -0.497 e. The lowest BCUT2D eigenvalue weighted by Crippen LogP contribution is -2.32. The number of piperidine rings is 1. The number of rotatable bonds is 8. The first-order valence-electron chi connectivity index (χ1n) is 10.8. The molecule has 1 atom stereocenters. The van der Waals surface area contributed by atoms with Crippen LogP contribution in [-0.4, -0.2) is 27.3 Å². The Kier molecular flexibility index (Phi) is 7.32. The number of benzene rings is 3. The highest BCUT2D eigenvalue weighted by Gasteiger charge is 2.19. The Labute approximate surface area is 186 Å². The van der Waals surface area contributed by atoms with Gasteiger partial charge in [0.2, 0.25) is 0 Å². The highest BCUT2D eigenvalue weighted by Crippen LogP contribution is 2.36. The molecule has 1 aliphatic rings. The monoisotopic (exact) mass is 435 g/mol. The van der Waals surface area contributed by atoms with E-state index in [4.69, 9.17) is 14.2 Å². The second kappa shape index (κ2) is 10.5. The number of methoxy groups -OCH3 is 2. The first-order chi connectivity index (χ1) is 15.3. The van der Waals surface area contributed by atoms with Gasteiger partial charge in [0.15, 0.2) is 11.5 Å². The largest absolute Gasteiger partial charge is 0.497 e. The molecule has 5 heteroatoms. The lowest BCUT2D eigenvalue weighted by atomic mass is 10.1. The van der Waals surface area contributed by atoms with Gasteiger partial charge in [-0.2, -0.15) is 0 Å². The van der Waals surface area contributed by atoms with Crippen molar-refractivity contribution in [3.8, 4) is 17.2 Å². The fourth-order valence-corrected chi connectivity index (χ4v) is 5.32. The van der Waals surface area contributed by atoms with Crippen molar-refractivity contribution >= 4 is 24.9 Å². The van der Waals surface area contributed by atoms with Crippen LogP contribution in [0.15, 0.2) is 66.7 Å². The average Bonchev–Trinajstić information content (AvgIpc) is 2.84. The van der Waals surface area contributed by atoms with E-state index in [-0.39, 0.29) is 0 Å². The summed E-state index contributed by atoms with van der Waals surface area (Å²) >= 11 is 0. The van der Waals surface area contributed by atoms with E-state index in [1.807, 2.05) is 24.3 Å². The van der Waals surface area contributed by atoms with E-state index < -0.39 is 0 Å². The Morgan fingerprint density at radius 2 is 1.55 bits per heavy atom. The molecular weight excluding hydrogens is 405 g/mol. The quantitative estimate of drug-likeness (QED) is 0.471. The summed E-state index contributed by atoms with van der Waals surface area (Å²) in [6, 6.07) is 22.9. The molecule has 0 N–H and O–H groups in total. The Morgan fingerprint density at radius 1 is 0.806 bits per heavy atom. The fourth-order valence-electron chi connectivity index (χ4n) is 3.95. The van der Waals surface area contributed by atoms with E-state index >= 15 is 0 Å². The van der Waals surface area contributed by atoms with Crippen LogP contribution in [0.2, 0.25) is 0 Å². The predicted molar refractivity (Wildman–Crippen MR) is 130 cm³/mol. The number of para-hydroxylation sites is 1. The van der Waals surface area contributed by atoms with Gasteiger partial charge < -0.3 is 19.1 Å². The smallest absolute Gasteiger partial charge is 0.169 e. The fraction of sp³-hybridized carbons (Fsp3) is 0.308. The standard InChI is InChI=1S/C26H30NO3P/c1-28-21-17-23(29-2)26(30-19-20-11-5-3-6-12-20)25(18-21)31-24-14-8-7-13-22(24)27-15-9-4-10-16-27/h3,5-8,11-14,17-18,31H,4,9-10,15-16,19H2,1-2H3. The van der Waals surface area contributed by atoms with Crippen LogP contribution < -0.4 is 29.7 Å². The topological polar surface area (TPSA) is 30.9 Å². The zero-order valence-corrected chi connectivity index (χ0v) is 19.3. The number of nitrogens with zero attached hydrogens (tertiary/aromatic N) is 1. The first-order valence-corrected chi connectivity index (χ1v) is 11.8. The predicted octanol–water partition coefficient (Wildman–Crippen LogP) is 4.90. The molecule has 1 unspecified atom stereocenters. The maximum absolute atomic E-state index is 6.32. The third-order valence-corrected chi connectivity index (χ3v) is 6.91. The summed E-state index contributed by atoms with van der Waals surface area (Å²) in [5.74, 6) is 2.27. The van der Waals surface area contributed by atoms with Crippen LogP contribution in [0, 0.1) is 0 Å². The third-order valence-electron chi connectivity index (χ3n) is 5.58. The van der Waals surface area contributed by atoms with Crippen LogP contribution in [0.3, 0.4) is 0 Å². The molecule has 0 radical (unpaired) electrons. The van der Waals surface area contributed by atoms with Crippen LogP contribution >= 0.6 is 8.58 Å². The van der Waals surface area contributed by atoms with E-state index in [9.17, 15) is 0 Å². The Hall–Kier alpha value is -2.71. The lowest BCUT2D eigenvalue weighted by Gasteiger charge is -2.30. The van der Waals surface area contributed by atoms with Gasteiger partial charge in [0.1, 0.15) is 12.4 Å². The highest BCUT2D eigenvalue weighted by atomic mass is 31.1. The summed E-state index contributed by atoms with van der Waals surface area (Å²) in [5.41, 5.74) is 2.46. The molecule has 3 aromatic rings. The van der Waals surface area contributed by atoms with Crippen molar-refractivity contribution in [2.45, 2.75) is 25.9 Å². The van der Waals surface area contributed by atoms with Crippen molar-refractivity contribution in [3.05, 3.63) is 72.3 Å². The normalized spacial score (nSPS) is 14.1. The molecule has 0 aromatic heterocycles. The molecule has 0 spiro atoms. The van der Waals surface area contributed by atoms with Crippen molar-refractivity contribution in [1.82, 2.24) is 0 Å². The molecule has 0 bridgehead atoms. The van der Waals surface area contributed by atoms with Gasteiger partial charge in [-0.1, -0.05) is 57.1 Å². The van der Waals surface area contributed by atoms with Crippen LogP contribution in [0.25, 0.3) is 0 Å². The molecule has 1 saturated heterocycles. The summed E-state index contributed by atoms with van der Waals surface area (Å²) < 4.78 is 17.6. The molecule has 4 rings (SSSR count). The van der Waals surface area contributed by atoms with E-state index in [0.29, 0.717) is 20.9 Å². The second-order valence-corrected chi connectivity index (χ2v) is 9.00. The first kappa shape index (κ1) is 21.5. The summed E-state index contributed by atoms with van der Waals surface area (Å²) in [4.78, 5) is 2.52.